The Morgan fingerprint density at radius 3 is 1.97 bits per heavy atom. The van der Waals surface area contributed by atoms with E-state index >= 15 is 0 Å². The zero-order valence-electron chi connectivity index (χ0n) is 19.8. The zero-order chi connectivity index (χ0) is 27.3. The predicted octanol–water partition coefficient (Wildman–Crippen LogP) is -2.36. The van der Waals surface area contributed by atoms with Crippen LogP contribution < -0.4 is 33.2 Å². The molecule has 14 nitrogen and oxygen atoms in total. The molecule has 0 bridgehead atoms. The van der Waals surface area contributed by atoms with Crippen LogP contribution in [-0.4, -0.2) is 76.5 Å². The largest absolute Gasteiger partial charge is 0.481 e. The minimum absolute atomic E-state index is 0.0368. The minimum atomic E-state index is -1.61. The van der Waals surface area contributed by atoms with Crippen LogP contribution in [-0.2, 0) is 30.4 Å². The highest BCUT2D eigenvalue weighted by Gasteiger charge is 2.31. The number of carboxylic acid groups (broad SMARTS) is 2. The number of rotatable bonds is 15. The van der Waals surface area contributed by atoms with E-state index in [2.05, 4.69) is 20.9 Å². The molecule has 4 unspecified atom stereocenters. The average Bonchev–Trinajstić information content (AvgIpc) is 2.79. The fraction of sp³-hybridized carbons (Fsp3) is 0.455. The molecule has 11 N–H and O–H groups in total. The Hall–Kier alpha value is -4.20. The molecule has 3 amide bonds. The van der Waals surface area contributed by atoms with Gasteiger partial charge < -0.3 is 43.4 Å². The van der Waals surface area contributed by atoms with Gasteiger partial charge in [0.2, 0.25) is 17.7 Å². The van der Waals surface area contributed by atoms with Gasteiger partial charge >= 0.3 is 11.9 Å². The molecule has 0 spiro atoms. The van der Waals surface area contributed by atoms with Gasteiger partial charge in [0.05, 0.1) is 12.5 Å². The van der Waals surface area contributed by atoms with Gasteiger partial charge in [-0.25, -0.2) is 4.79 Å². The summed E-state index contributed by atoms with van der Waals surface area (Å²) in [4.78, 5) is 64.5. The Kier molecular flexibility index (Phi) is 12.4. The lowest BCUT2D eigenvalue weighted by atomic mass is 10.0. The van der Waals surface area contributed by atoms with Crippen molar-refractivity contribution in [3.8, 4) is 0 Å². The number of carbonyl (C=O) groups is 5. The van der Waals surface area contributed by atoms with E-state index < -0.39 is 60.2 Å². The average molecular weight is 508 g/mol. The molecule has 1 aromatic carbocycles. The van der Waals surface area contributed by atoms with Crippen LogP contribution in [0.3, 0.4) is 0 Å². The molecule has 1 rings (SSSR count). The number of nitrogens with zero attached hydrogens (tertiary/aromatic N) is 1. The van der Waals surface area contributed by atoms with Crippen molar-refractivity contribution >= 4 is 35.6 Å². The van der Waals surface area contributed by atoms with E-state index in [4.69, 9.17) is 17.2 Å². The van der Waals surface area contributed by atoms with Crippen molar-refractivity contribution in [1.82, 2.24) is 16.0 Å². The van der Waals surface area contributed by atoms with Crippen LogP contribution in [0.4, 0.5) is 0 Å². The number of benzene rings is 1. The summed E-state index contributed by atoms with van der Waals surface area (Å²) in [6, 6.07) is 3.59. The van der Waals surface area contributed by atoms with Crippen LogP contribution in [0.25, 0.3) is 0 Å². The number of amides is 3. The van der Waals surface area contributed by atoms with E-state index in [1.54, 1.807) is 30.3 Å². The molecule has 0 radical (unpaired) electrons. The number of guanidine groups is 1. The summed E-state index contributed by atoms with van der Waals surface area (Å²) in [6.07, 6.45) is -0.619. The number of hydrogen-bond acceptors (Lipinski definition) is 7. The number of aliphatic carboxylic acids is 2. The molecule has 0 aliphatic carbocycles. The maximum absolute atomic E-state index is 13.0. The summed E-state index contributed by atoms with van der Waals surface area (Å²) in [5, 5.41) is 25.7. The normalized spacial score (nSPS) is 13.8. The summed E-state index contributed by atoms with van der Waals surface area (Å²) >= 11 is 0. The second kappa shape index (κ2) is 14.9. The monoisotopic (exact) mass is 507 g/mol. The summed E-state index contributed by atoms with van der Waals surface area (Å²) in [5.41, 5.74) is 16.7. The summed E-state index contributed by atoms with van der Waals surface area (Å²) in [5.74, 6) is -5.42. The lowest BCUT2D eigenvalue weighted by Crippen LogP contribution is -2.57. The summed E-state index contributed by atoms with van der Waals surface area (Å²) < 4.78 is 0. The Bertz CT molecular complexity index is 949. The van der Waals surface area contributed by atoms with Gasteiger partial charge in [-0.3, -0.25) is 24.2 Å². The third kappa shape index (κ3) is 11.3. The fourth-order valence-corrected chi connectivity index (χ4v) is 3.05. The van der Waals surface area contributed by atoms with E-state index in [9.17, 15) is 34.2 Å². The molecule has 0 aromatic heterocycles. The van der Waals surface area contributed by atoms with E-state index in [0.717, 1.165) is 0 Å². The number of carbonyl (C=O) groups excluding carboxylic acids is 3. The fourth-order valence-electron chi connectivity index (χ4n) is 3.05. The first-order valence-electron chi connectivity index (χ1n) is 11.1. The molecular formula is C22H33N7O7. The molecule has 0 saturated carbocycles. The van der Waals surface area contributed by atoms with Gasteiger partial charge in [-0.15, -0.1) is 0 Å². The van der Waals surface area contributed by atoms with Crippen molar-refractivity contribution in [1.29, 1.82) is 0 Å². The van der Waals surface area contributed by atoms with E-state index in [1.165, 1.54) is 6.92 Å². The second-order valence-electron chi connectivity index (χ2n) is 8.05. The van der Waals surface area contributed by atoms with Gasteiger partial charge in [0.15, 0.2) is 5.96 Å². The SMILES string of the molecule is CC(N)C(=O)NC(Cc1ccccc1)C(=O)NC(CC(=O)O)C(=O)NC(CCCN=C(N)N)C(=O)O. The standard InChI is InChI=1S/C22H33N7O7/c1-12(23)18(32)28-15(10-13-6-3-2-4-7-13)19(33)29-16(11-17(30)31)20(34)27-14(21(35)36)8-5-9-26-22(24)25/h2-4,6-7,12,14-16H,5,8-11,23H2,1H3,(H,27,34)(H,28,32)(H,29,33)(H,30,31)(H,35,36)(H4,24,25,26). The van der Waals surface area contributed by atoms with Crippen LogP contribution in [0.2, 0.25) is 0 Å². The first-order valence-corrected chi connectivity index (χ1v) is 11.1. The first-order chi connectivity index (χ1) is 16.9. The Morgan fingerprint density at radius 1 is 0.889 bits per heavy atom. The van der Waals surface area contributed by atoms with Gasteiger partial charge in [0.25, 0.3) is 0 Å². The number of nitrogens with two attached hydrogens (primary N) is 3. The third-order valence-electron chi connectivity index (χ3n) is 4.90. The maximum atomic E-state index is 13.0. The zero-order valence-corrected chi connectivity index (χ0v) is 19.8. The molecule has 0 aliphatic rings. The van der Waals surface area contributed by atoms with Crippen LogP contribution in [0.1, 0.15) is 31.7 Å². The minimum Gasteiger partial charge on any atom is -0.481 e. The van der Waals surface area contributed by atoms with Crippen molar-refractivity contribution in [3.05, 3.63) is 35.9 Å². The maximum Gasteiger partial charge on any atom is 0.326 e. The molecule has 0 fully saturated rings. The van der Waals surface area contributed by atoms with Crippen molar-refractivity contribution < 1.29 is 34.2 Å². The molecule has 0 saturated heterocycles. The Morgan fingerprint density at radius 2 is 1.44 bits per heavy atom. The first kappa shape index (κ1) is 29.8. The quantitative estimate of drug-likeness (QED) is 0.0712. The van der Waals surface area contributed by atoms with Crippen LogP contribution >= 0.6 is 0 Å². The van der Waals surface area contributed by atoms with Gasteiger partial charge in [0.1, 0.15) is 18.1 Å². The van der Waals surface area contributed by atoms with E-state index in [-0.39, 0.29) is 31.8 Å². The molecule has 1 aromatic rings. The van der Waals surface area contributed by atoms with Gasteiger partial charge in [-0.1, -0.05) is 30.3 Å². The highest BCUT2D eigenvalue weighted by Crippen LogP contribution is 2.06. The van der Waals surface area contributed by atoms with Crippen molar-refractivity contribution in [2.75, 3.05) is 6.54 Å². The second-order valence-corrected chi connectivity index (χ2v) is 8.05. The number of nitrogens with one attached hydrogen (secondary N) is 3. The highest BCUT2D eigenvalue weighted by atomic mass is 16.4. The van der Waals surface area contributed by atoms with Crippen LogP contribution in [0, 0.1) is 0 Å². The van der Waals surface area contributed by atoms with E-state index in [1.807, 2.05) is 0 Å². The third-order valence-corrected chi connectivity index (χ3v) is 4.90. The van der Waals surface area contributed by atoms with Gasteiger partial charge in [-0.2, -0.15) is 0 Å². The number of carboxylic acids is 2. The summed E-state index contributed by atoms with van der Waals surface area (Å²) in [6.45, 7) is 1.55. The van der Waals surface area contributed by atoms with E-state index in [0.29, 0.717) is 5.56 Å². The van der Waals surface area contributed by atoms with Gasteiger partial charge in [-0.05, 0) is 25.3 Å². The lowest BCUT2D eigenvalue weighted by molar-refractivity contribution is -0.143. The molecule has 0 heterocycles. The predicted molar refractivity (Wildman–Crippen MR) is 129 cm³/mol. The number of hydrogen-bond donors (Lipinski definition) is 8. The topological polar surface area (TPSA) is 252 Å². The molecular weight excluding hydrogens is 474 g/mol. The highest BCUT2D eigenvalue weighted by molar-refractivity contribution is 5.95. The molecule has 36 heavy (non-hydrogen) atoms. The van der Waals surface area contributed by atoms with Crippen molar-refractivity contribution in [2.24, 2.45) is 22.2 Å². The molecule has 0 aliphatic heterocycles. The van der Waals surface area contributed by atoms with Crippen molar-refractivity contribution in [2.45, 2.75) is 56.8 Å². The lowest BCUT2D eigenvalue weighted by Gasteiger charge is -2.24. The van der Waals surface area contributed by atoms with Crippen molar-refractivity contribution in [3.63, 3.8) is 0 Å². The van der Waals surface area contributed by atoms with Crippen LogP contribution in [0.15, 0.2) is 35.3 Å². The Labute approximate surface area is 207 Å². The van der Waals surface area contributed by atoms with Gasteiger partial charge in [0, 0.05) is 13.0 Å². The Balaban J connectivity index is 3.00. The summed E-state index contributed by atoms with van der Waals surface area (Å²) in [7, 11) is 0. The molecule has 14 heteroatoms. The number of aliphatic imine (C=N–C) groups is 1. The molecule has 198 valence electrons. The van der Waals surface area contributed by atoms with Crippen LogP contribution in [0.5, 0.6) is 0 Å². The smallest absolute Gasteiger partial charge is 0.326 e. The molecule has 4 atom stereocenters.